The molecule has 1 rings (SSSR count). The van der Waals surface area contributed by atoms with E-state index in [0.717, 1.165) is 0 Å². The lowest BCUT2D eigenvalue weighted by Crippen LogP contribution is -2.08. The zero-order valence-electron chi connectivity index (χ0n) is 8.30. The van der Waals surface area contributed by atoms with E-state index in [4.69, 9.17) is 5.11 Å². The number of carbonyl (C=O) groups excluding carboxylic acids is 1. The molecule has 0 saturated carbocycles. The minimum atomic E-state index is -0.984. The lowest BCUT2D eigenvalue weighted by atomic mass is 10.1. The summed E-state index contributed by atoms with van der Waals surface area (Å²) < 4.78 is 0.556. The Morgan fingerprint density at radius 3 is 2.47 bits per heavy atom. The van der Waals surface area contributed by atoms with Crippen LogP contribution in [-0.4, -0.2) is 17.0 Å². The number of halogens is 1. The van der Waals surface area contributed by atoms with E-state index in [1.807, 2.05) is 0 Å². The highest BCUT2D eigenvalue weighted by Crippen LogP contribution is 2.26. The van der Waals surface area contributed by atoms with E-state index in [0.29, 0.717) is 15.7 Å². The minimum absolute atomic E-state index is 0.196. The molecule has 0 aliphatic rings. The maximum atomic E-state index is 10.8. The number of benzene rings is 1. The van der Waals surface area contributed by atoms with Gasteiger partial charge in [0.15, 0.2) is 0 Å². The number of hydrogen-bond acceptors (Lipinski definition) is 2. The van der Waals surface area contributed by atoms with Crippen LogP contribution in [0.3, 0.4) is 0 Å². The van der Waals surface area contributed by atoms with E-state index in [-0.39, 0.29) is 11.5 Å². The smallest absolute Gasteiger partial charge is 0.335 e. The van der Waals surface area contributed by atoms with Gasteiger partial charge in [-0.2, -0.15) is 0 Å². The van der Waals surface area contributed by atoms with Gasteiger partial charge in [-0.1, -0.05) is 0 Å². The van der Waals surface area contributed by atoms with Crippen LogP contribution in [-0.2, 0) is 4.79 Å². The Hall–Kier alpha value is -1.36. The van der Waals surface area contributed by atoms with E-state index in [9.17, 15) is 9.59 Å². The molecule has 2 N–H and O–H groups in total. The van der Waals surface area contributed by atoms with E-state index in [1.165, 1.54) is 13.0 Å². The Bertz CT molecular complexity index is 429. The summed E-state index contributed by atoms with van der Waals surface area (Å²) in [6.45, 7) is 3.08. The minimum Gasteiger partial charge on any atom is -0.478 e. The van der Waals surface area contributed by atoms with Gasteiger partial charge in [-0.15, -0.1) is 0 Å². The van der Waals surface area contributed by atoms with Crippen LogP contribution in [0.15, 0.2) is 16.6 Å². The topological polar surface area (TPSA) is 66.4 Å². The summed E-state index contributed by atoms with van der Waals surface area (Å²) in [6.07, 6.45) is 0. The first-order valence-corrected chi connectivity index (χ1v) is 5.02. The molecule has 0 aliphatic carbocycles. The highest BCUT2D eigenvalue weighted by molar-refractivity contribution is 9.10. The van der Waals surface area contributed by atoms with Crippen molar-refractivity contribution in [2.45, 2.75) is 13.8 Å². The van der Waals surface area contributed by atoms with Crippen LogP contribution >= 0.6 is 15.9 Å². The van der Waals surface area contributed by atoms with Crippen molar-refractivity contribution < 1.29 is 14.7 Å². The third-order valence-corrected chi connectivity index (χ3v) is 2.51. The van der Waals surface area contributed by atoms with Gasteiger partial charge in [-0.3, -0.25) is 4.79 Å². The molecule has 0 fully saturated rings. The fraction of sp³-hybridized carbons (Fsp3) is 0.200. The van der Waals surface area contributed by atoms with Crippen molar-refractivity contribution in [1.29, 1.82) is 0 Å². The van der Waals surface area contributed by atoms with Gasteiger partial charge in [0.05, 0.1) is 11.3 Å². The molecule has 1 aromatic carbocycles. The van der Waals surface area contributed by atoms with Crippen LogP contribution in [0.2, 0.25) is 0 Å². The molecule has 0 aromatic heterocycles. The highest BCUT2D eigenvalue weighted by Gasteiger charge is 2.11. The molecule has 0 spiro atoms. The lowest BCUT2D eigenvalue weighted by Gasteiger charge is -2.08. The summed E-state index contributed by atoms with van der Waals surface area (Å²) in [7, 11) is 0. The standard InChI is InChI=1S/C10H10BrNO3/c1-5-3-9(12-6(2)13)8(11)4-7(5)10(14)15/h3-4H,1-2H3,(H,12,13)(H,14,15). The fourth-order valence-corrected chi connectivity index (χ4v) is 1.64. The molecule has 1 amide bonds. The van der Waals surface area contributed by atoms with E-state index >= 15 is 0 Å². The maximum absolute atomic E-state index is 10.8. The lowest BCUT2D eigenvalue weighted by molar-refractivity contribution is -0.114. The van der Waals surface area contributed by atoms with Crippen molar-refractivity contribution in [1.82, 2.24) is 0 Å². The Labute approximate surface area is 95.4 Å². The quantitative estimate of drug-likeness (QED) is 0.868. The fourth-order valence-electron chi connectivity index (χ4n) is 1.20. The first kappa shape index (κ1) is 11.7. The molecule has 15 heavy (non-hydrogen) atoms. The highest BCUT2D eigenvalue weighted by atomic mass is 79.9. The third-order valence-electron chi connectivity index (χ3n) is 1.86. The van der Waals surface area contributed by atoms with Crippen LogP contribution in [0.4, 0.5) is 5.69 Å². The van der Waals surface area contributed by atoms with Gasteiger partial charge in [0.1, 0.15) is 0 Å². The summed E-state index contributed by atoms with van der Waals surface area (Å²) in [5, 5.41) is 11.5. The predicted molar refractivity (Wildman–Crippen MR) is 60.1 cm³/mol. The average molecular weight is 272 g/mol. The molecule has 0 unspecified atom stereocenters. The molecule has 0 saturated heterocycles. The number of aryl methyl sites for hydroxylation is 1. The molecule has 4 nitrogen and oxygen atoms in total. The largest absolute Gasteiger partial charge is 0.478 e. The van der Waals surface area contributed by atoms with E-state index < -0.39 is 5.97 Å². The number of carboxylic acid groups (broad SMARTS) is 1. The number of amides is 1. The van der Waals surface area contributed by atoms with Crippen LogP contribution < -0.4 is 5.32 Å². The summed E-state index contributed by atoms with van der Waals surface area (Å²) in [4.78, 5) is 21.6. The first-order valence-electron chi connectivity index (χ1n) is 4.23. The van der Waals surface area contributed by atoms with Gasteiger partial charge in [0, 0.05) is 11.4 Å². The third kappa shape index (κ3) is 2.79. The van der Waals surface area contributed by atoms with Crippen molar-refractivity contribution >= 4 is 33.5 Å². The number of rotatable bonds is 2. The van der Waals surface area contributed by atoms with Crippen LogP contribution in [0, 0.1) is 6.92 Å². The SMILES string of the molecule is CC(=O)Nc1cc(C)c(C(=O)O)cc1Br. The zero-order chi connectivity index (χ0) is 11.6. The molecule has 1 aromatic rings. The monoisotopic (exact) mass is 271 g/mol. The summed E-state index contributed by atoms with van der Waals surface area (Å²) in [6, 6.07) is 3.10. The van der Waals surface area contributed by atoms with Crippen LogP contribution in [0.5, 0.6) is 0 Å². The number of carboxylic acids is 1. The van der Waals surface area contributed by atoms with Crippen molar-refractivity contribution in [3.8, 4) is 0 Å². The molecular formula is C10H10BrNO3. The normalized spacial score (nSPS) is 9.80. The van der Waals surface area contributed by atoms with Gasteiger partial charge in [0.2, 0.25) is 5.91 Å². The Balaban J connectivity index is 3.19. The molecule has 0 radical (unpaired) electrons. The number of aromatic carboxylic acids is 1. The summed E-state index contributed by atoms with van der Waals surface area (Å²) in [5.41, 5.74) is 1.40. The Morgan fingerprint density at radius 1 is 1.40 bits per heavy atom. The van der Waals surface area contributed by atoms with Gasteiger partial charge in [-0.25, -0.2) is 4.79 Å². The number of hydrogen-bond donors (Lipinski definition) is 2. The van der Waals surface area contributed by atoms with Gasteiger partial charge in [0.25, 0.3) is 0 Å². The van der Waals surface area contributed by atoms with Gasteiger partial charge >= 0.3 is 5.97 Å². The number of anilines is 1. The van der Waals surface area contributed by atoms with Gasteiger partial charge < -0.3 is 10.4 Å². The second kappa shape index (κ2) is 4.44. The van der Waals surface area contributed by atoms with E-state index in [2.05, 4.69) is 21.2 Å². The summed E-state index contributed by atoms with van der Waals surface area (Å²) >= 11 is 3.20. The number of nitrogens with one attached hydrogen (secondary N) is 1. The first-order chi connectivity index (χ1) is 6.91. The number of carbonyl (C=O) groups is 2. The van der Waals surface area contributed by atoms with Crippen molar-refractivity contribution in [3.05, 3.63) is 27.7 Å². The molecule has 0 bridgehead atoms. The zero-order valence-corrected chi connectivity index (χ0v) is 9.88. The molecule has 0 atom stereocenters. The average Bonchev–Trinajstić information content (AvgIpc) is 2.09. The van der Waals surface area contributed by atoms with Crippen LogP contribution in [0.25, 0.3) is 0 Å². The molecule has 0 aliphatic heterocycles. The van der Waals surface area contributed by atoms with Crippen LogP contribution in [0.1, 0.15) is 22.8 Å². The van der Waals surface area contributed by atoms with Crippen molar-refractivity contribution in [2.24, 2.45) is 0 Å². The van der Waals surface area contributed by atoms with Crippen molar-refractivity contribution in [2.75, 3.05) is 5.32 Å². The molecule has 0 heterocycles. The van der Waals surface area contributed by atoms with Crippen molar-refractivity contribution in [3.63, 3.8) is 0 Å². The second-order valence-electron chi connectivity index (χ2n) is 3.13. The summed E-state index contributed by atoms with van der Waals surface area (Å²) in [5.74, 6) is -1.18. The Morgan fingerprint density at radius 2 is 2.00 bits per heavy atom. The molecule has 80 valence electrons. The second-order valence-corrected chi connectivity index (χ2v) is 3.99. The van der Waals surface area contributed by atoms with E-state index in [1.54, 1.807) is 13.0 Å². The molecule has 5 heteroatoms. The Kier molecular flexibility index (Phi) is 3.47. The predicted octanol–water partition coefficient (Wildman–Crippen LogP) is 2.41. The van der Waals surface area contributed by atoms with Gasteiger partial charge in [-0.05, 0) is 40.5 Å². The molecular weight excluding hydrogens is 262 g/mol. The maximum Gasteiger partial charge on any atom is 0.335 e.